The Morgan fingerprint density at radius 3 is 1.40 bits per heavy atom. The summed E-state index contributed by atoms with van der Waals surface area (Å²) >= 11 is 0. The van der Waals surface area contributed by atoms with Gasteiger partial charge in [0, 0.05) is 10.5 Å². The van der Waals surface area contributed by atoms with E-state index in [-0.39, 0.29) is 0 Å². The number of nitro groups is 1. The first-order valence-electron chi connectivity index (χ1n) is 17.3. The van der Waals surface area contributed by atoms with Gasteiger partial charge >= 0.3 is 0 Å². The maximum atomic E-state index is 16.8. The van der Waals surface area contributed by atoms with Crippen LogP contribution in [-0.4, -0.2) is 29.5 Å². The molecule has 2 fully saturated rings. The molecule has 6 aromatic carbocycles. The largest absolute Gasteiger partial charge is 0.631 e. The van der Waals surface area contributed by atoms with Crippen molar-refractivity contribution < 1.29 is 28.3 Å². The topological polar surface area (TPSA) is 103 Å². The molecule has 0 N–H and O–H groups in total. The first-order chi connectivity index (χ1) is 25.2. The third-order valence-electron chi connectivity index (χ3n) is 10.1. The SMILES string of the molecule is CC1(C)O[C@@H]2[C@@H](O1)C(c1ccccc1)(c1ccccc1)O[P+]([O-])([C@H](C[N+](=O)[O-])c1cccc3ccccc13)OC2(c1ccccc1)c1ccccc1. The van der Waals surface area contributed by atoms with Gasteiger partial charge < -0.3 is 14.4 Å². The van der Waals surface area contributed by atoms with Gasteiger partial charge in [0.15, 0.2) is 17.0 Å². The maximum Gasteiger partial charge on any atom is 0.255 e. The Morgan fingerprint density at radius 1 is 0.596 bits per heavy atom. The molecule has 2 heterocycles. The Morgan fingerprint density at radius 2 is 0.981 bits per heavy atom. The summed E-state index contributed by atoms with van der Waals surface area (Å²) in [5.41, 5.74) is -1.60. The van der Waals surface area contributed by atoms with Crippen LogP contribution in [0.3, 0.4) is 0 Å². The zero-order valence-corrected chi connectivity index (χ0v) is 29.7. The van der Waals surface area contributed by atoms with Crippen molar-refractivity contribution in [3.8, 4) is 0 Å². The molecule has 3 atom stereocenters. The molecule has 2 aliphatic heterocycles. The molecule has 9 heteroatoms. The zero-order chi connectivity index (χ0) is 36.0. The summed E-state index contributed by atoms with van der Waals surface area (Å²) in [5, 5.41) is 14.4. The standard InChI is InChI=1S/C43H38NO7P/c1-41(2)48-39-40(49-41)43(34-24-11-5-12-25-34,35-26-13-6-14-27-35)51-52(47,38(30-44(45)46)37-29-17-19-31-18-15-16-28-36(31)37)50-42(39,32-20-7-3-8-21-32)33-22-9-4-10-23-33/h3-29,38-40H,30H2,1-2H3/t38-,39-,40-/m1/s1. The second-order valence-corrected chi connectivity index (χ2v) is 15.8. The molecule has 2 aliphatic rings. The van der Waals surface area contributed by atoms with Crippen LogP contribution in [0.4, 0.5) is 0 Å². The lowest BCUT2D eigenvalue weighted by Gasteiger charge is -2.43. The van der Waals surface area contributed by atoms with Gasteiger partial charge in [-0.15, -0.1) is 0 Å². The molecular formula is C43H38NO7P. The highest BCUT2D eigenvalue weighted by molar-refractivity contribution is 7.59. The van der Waals surface area contributed by atoms with E-state index < -0.39 is 54.3 Å². The van der Waals surface area contributed by atoms with Crippen molar-refractivity contribution in [2.75, 3.05) is 6.54 Å². The predicted octanol–water partition coefficient (Wildman–Crippen LogP) is 8.74. The molecule has 0 amide bonds. The smallest absolute Gasteiger partial charge is 0.255 e. The van der Waals surface area contributed by atoms with E-state index in [4.69, 9.17) is 18.5 Å². The number of benzene rings is 6. The van der Waals surface area contributed by atoms with Crippen LogP contribution in [0, 0.1) is 10.1 Å². The van der Waals surface area contributed by atoms with Gasteiger partial charge in [-0.25, -0.2) is 0 Å². The van der Waals surface area contributed by atoms with Gasteiger partial charge in [-0.05, 0) is 46.9 Å². The molecule has 0 aromatic heterocycles. The van der Waals surface area contributed by atoms with Crippen LogP contribution in [0.1, 0.15) is 47.3 Å². The third kappa shape index (κ3) is 5.73. The van der Waals surface area contributed by atoms with Gasteiger partial charge in [0.05, 0.1) is 0 Å². The molecule has 0 radical (unpaired) electrons. The molecule has 0 aliphatic carbocycles. The van der Waals surface area contributed by atoms with Crippen LogP contribution in [0.2, 0.25) is 0 Å². The van der Waals surface area contributed by atoms with E-state index in [2.05, 4.69) is 0 Å². The fraction of sp³-hybridized carbons (Fsp3) is 0.209. The van der Waals surface area contributed by atoms with Crippen LogP contribution in [0.15, 0.2) is 164 Å². The van der Waals surface area contributed by atoms with Crippen LogP contribution < -0.4 is 4.89 Å². The summed E-state index contributed by atoms with van der Waals surface area (Å²) in [4.78, 5) is 29.1. The van der Waals surface area contributed by atoms with E-state index in [0.717, 1.165) is 5.39 Å². The zero-order valence-electron chi connectivity index (χ0n) is 28.8. The molecule has 52 heavy (non-hydrogen) atoms. The maximum absolute atomic E-state index is 16.8. The minimum Gasteiger partial charge on any atom is -0.631 e. The average molecular weight is 712 g/mol. The van der Waals surface area contributed by atoms with Crippen LogP contribution in [-0.2, 0) is 29.7 Å². The summed E-state index contributed by atoms with van der Waals surface area (Å²) in [5.74, 6) is -1.15. The molecule has 2 saturated heterocycles. The van der Waals surface area contributed by atoms with Crippen LogP contribution >= 0.6 is 7.94 Å². The van der Waals surface area contributed by atoms with Crippen molar-refractivity contribution in [3.63, 3.8) is 0 Å². The third-order valence-corrected chi connectivity index (χ3v) is 12.4. The number of nitrogens with zero attached hydrogens (tertiary/aromatic N) is 1. The molecule has 0 bridgehead atoms. The normalized spacial score (nSPS) is 21.8. The van der Waals surface area contributed by atoms with Gasteiger partial charge in [0.2, 0.25) is 12.2 Å². The van der Waals surface area contributed by atoms with Gasteiger partial charge in [0.1, 0.15) is 12.2 Å². The Kier molecular flexibility index (Phi) is 8.79. The van der Waals surface area contributed by atoms with E-state index in [1.807, 2.05) is 172 Å². The van der Waals surface area contributed by atoms with Crippen molar-refractivity contribution in [2.24, 2.45) is 0 Å². The average Bonchev–Trinajstić information content (AvgIpc) is 3.47. The van der Waals surface area contributed by atoms with Crippen molar-refractivity contribution in [1.82, 2.24) is 0 Å². The molecule has 0 saturated carbocycles. The van der Waals surface area contributed by atoms with E-state index >= 15 is 4.89 Å². The predicted molar refractivity (Wildman–Crippen MR) is 199 cm³/mol. The lowest BCUT2D eigenvalue weighted by molar-refractivity contribution is -0.481. The second kappa shape index (κ2) is 13.3. The first-order valence-corrected chi connectivity index (χ1v) is 19.0. The highest BCUT2D eigenvalue weighted by Gasteiger charge is 2.73. The Balaban J connectivity index is 1.52. The molecule has 0 spiro atoms. The quantitative estimate of drug-likeness (QED) is 0.0884. The summed E-state index contributed by atoms with van der Waals surface area (Å²) < 4.78 is 28.7. The number of fused-ring (bicyclic) bond motifs is 2. The van der Waals surface area contributed by atoms with Gasteiger partial charge in [-0.1, -0.05) is 164 Å². The molecule has 0 unspecified atom stereocenters. The summed E-state index contributed by atoms with van der Waals surface area (Å²) in [7, 11) is -4.75. The minimum atomic E-state index is -4.75. The van der Waals surface area contributed by atoms with E-state index in [0.29, 0.717) is 33.2 Å². The van der Waals surface area contributed by atoms with Crippen LogP contribution in [0.5, 0.6) is 0 Å². The highest BCUT2D eigenvalue weighted by Crippen LogP contribution is 2.76. The number of hydrogen-bond acceptors (Lipinski definition) is 7. The van der Waals surface area contributed by atoms with Gasteiger partial charge in [-0.2, -0.15) is 9.05 Å². The second-order valence-electron chi connectivity index (χ2n) is 13.7. The van der Waals surface area contributed by atoms with Crippen molar-refractivity contribution >= 4 is 18.7 Å². The summed E-state index contributed by atoms with van der Waals surface area (Å²) in [6.07, 6.45) is -1.96. The molecular weight excluding hydrogens is 673 g/mol. The van der Waals surface area contributed by atoms with Crippen LogP contribution in [0.25, 0.3) is 10.8 Å². The monoisotopic (exact) mass is 711 g/mol. The molecule has 8 rings (SSSR count). The first kappa shape index (κ1) is 34.3. The van der Waals surface area contributed by atoms with Crippen molar-refractivity contribution in [1.29, 1.82) is 0 Å². The molecule has 262 valence electrons. The summed E-state index contributed by atoms with van der Waals surface area (Å²) in [6, 6.07) is 51.0. The van der Waals surface area contributed by atoms with E-state index in [1.165, 1.54) is 0 Å². The van der Waals surface area contributed by atoms with E-state index in [9.17, 15) is 10.1 Å². The number of hydrogen-bond donors (Lipinski definition) is 0. The molecule has 8 nitrogen and oxygen atoms in total. The Hall–Kier alpha value is -4.79. The lowest BCUT2D eigenvalue weighted by atomic mass is 9.72. The Bertz CT molecular complexity index is 2000. The summed E-state index contributed by atoms with van der Waals surface area (Å²) in [6.45, 7) is 2.95. The number of rotatable bonds is 8. The van der Waals surface area contributed by atoms with Crippen molar-refractivity contribution in [3.05, 3.63) is 202 Å². The number of ether oxygens (including phenoxy) is 2. The fourth-order valence-corrected chi connectivity index (χ4v) is 10.6. The fourth-order valence-electron chi connectivity index (χ4n) is 8.00. The van der Waals surface area contributed by atoms with Gasteiger partial charge in [0.25, 0.3) is 7.94 Å². The Labute approximate surface area is 303 Å². The minimum absolute atomic E-state index is 0.444. The van der Waals surface area contributed by atoms with Crippen molar-refractivity contribution in [2.45, 2.75) is 48.7 Å². The van der Waals surface area contributed by atoms with Gasteiger partial charge in [-0.3, -0.25) is 10.1 Å². The lowest BCUT2D eigenvalue weighted by Crippen LogP contribution is -2.53. The van der Waals surface area contributed by atoms with E-state index in [1.54, 1.807) is 6.07 Å². The highest BCUT2D eigenvalue weighted by atomic mass is 31.2. The molecule has 6 aromatic rings.